The van der Waals surface area contributed by atoms with Gasteiger partial charge in [-0.05, 0) is 66.1 Å². The molecule has 3 amide bonds. The summed E-state index contributed by atoms with van der Waals surface area (Å²) in [6, 6.07) is 12.9. The van der Waals surface area contributed by atoms with Gasteiger partial charge < -0.3 is 14.8 Å². The Morgan fingerprint density at radius 2 is 1.94 bits per heavy atom. The molecule has 1 heterocycles. The zero-order chi connectivity index (χ0) is 22.7. The highest BCUT2D eigenvalue weighted by molar-refractivity contribution is 9.10. The van der Waals surface area contributed by atoms with Crippen LogP contribution in [0.4, 0.5) is 4.79 Å². The van der Waals surface area contributed by atoms with Crippen molar-refractivity contribution in [1.82, 2.24) is 10.2 Å². The molecule has 0 spiro atoms. The summed E-state index contributed by atoms with van der Waals surface area (Å²) in [5.41, 5.74) is 1.55. The predicted octanol–water partition coefficient (Wildman–Crippen LogP) is 4.35. The van der Waals surface area contributed by atoms with Gasteiger partial charge in [0.05, 0.1) is 18.6 Å². The molecule has 1 saturated carbocycles. The van der Waals surface area contributed by atoms with Crippen molar-refractivity contribution in [2.45, 2.75) is 25.4 Å². The third-order valence-corrected chi connectivity index (χ3v) is 6.35. The molecule has 166 valence electrons. The summed E-state index contributed by atoms with van der Waals surface area (Å²) in [4.78, 5) is 38.6. The first-order valence-electron chi connectivity index (χ1n) is 10.0. The van der Waals surface area contributed by atoms with E-state index in [2.05, 4.69) is 21.2 Å². The van der Waals surface area contributed by atoms with Gasteiger partial charge in [0.25, 0.3) is 17.1 Å². The summed E-state index contributed by atoms with van der Waals surface area (Å²) in [5.74, 6) is 0.364. The molecule has 1 saturated heterocycles. The molecule has 2 aliphatic rings. The molecule has 32 heavy (non-hydrogen) atoms. The van der Waals surface area contributed by atoms with Crippen molar-refractivity contribution in [2.75, 3.05) is 13.7 Å². The smallest absolute Gasteiger partial charge is 0.293 e. The first-order chi connectivity index (χ1) is 15.4. The van der Waals surface area contributed by atoms with Gasteiger partial charge in [-0.1, -0.05) is 34.1 Å². The quantitative estimate of drug-likeness (QED) is 0.525. The van der Waals surface area contributed by atoms with Crippen LogP contribution in [0.2, 0.25) is 0 Å². The lowest BCUT2D eigenvalue weighted by Crippen LogP contribution is -2.30. The Labute approximate surface area is 198 Å². The van der Waals surface area contributed by atoms with Crippen LogP contribution in [0, 0.1) is 0 Å². The molecular formula is C23H21BrN2O5S. The normalized spacial score (nSPS) is 17.1. The molecule has 0 aromatic heterocycles. The van der Waals surface area contributed by atoms with Crippen molar-refractivity contribution in [2.24, 2.45) is 0 Å². The maximum absolute atomic E-state index is 12.8. The van der Waals surface area contributed by atoms with E-state index >= 15 is 0 Å². The van der Waals surface area contributed by atoms with Gasteiger partial charge in [-0.2, -0.15) is 0 Å². The minimum atomic E-state index is -0.334. The van der Waals surface area contributed by atoms with E-state index in [1.807, 2.05) is 24.3 Å². The van der Waals surface area contributed by atoms with Crippen LogP contribution in [0.5, 0.6) is 11.5 Å². The van der Waals surface area contributed by atoms with Crippen LogP contribution in [0.1, 0.15) is 24.0 Å². The number of amides is 3. The highest BCUT2D eigenvalue weighted by Gasteiger charge is 2.35. The number of methoxy groups -OCH3 is 1. The van der Waals surface area contributed by atoms with Gasteiger partial charge in [0, 0.05) is 10.5 Å². The van der Waals surface area contributed by atoms with Gasteiger partial charge in [0.15, 0.2) is 18.1 Å². The molecule has 0 atom stereocenters. The molecule has 1 N–H and O–H groups in total. The summed E-state index contributed by atoms with van der Waals surface area (Å²) in [6.07, 6.45) is 3.68. The van der Waals surface area contributed by atoms with E-state index in [-0.39, 0.29) is 36.2 Å². The molecule has 2 fully saturated rings. The summed E-state index contributed by atoms with van der Waals surface area (Å²) in [7, 11) is 1.50. The van der Waals surface area contributed by atoms with Gasteiger partial charge >= 0.3 is 0 Å². The van der Waals surface area contributed by atoms with E-state index in [9.17, 15) is 14.4 Å². The van der Waals surface area contributed by atoms with Gasteiger partial charge in [0.1, 0.15) is 0 Å². The Balaban J connectivity index is 1.44. The van der Waals surface area contributed by atoms with Gasteiger partial charge in [-0.25, -0.2) is 0 Å². The Bertz CT molecular complexity index is 1080. The number of hydrogen-bond donors (Lipinski definition) is 1. The van der Waals surface area contributed by atoms with Crippen LogP contribution in [-0.2, 0) is 16.1 Å². The monoisotopic (exact) mass is 516 g/mol. The van der Waals surface area contributed by atoms with E-state index in [4.69, 9.17) is 9.47 Å². The average molecular weight is 517 g/mol. The maximum atomic E-state index is 12.8. The molecular weight excluding hydrogens is 496 g/mol. The molecule has 9 heteroatoms. The number of thioether (sulfide) groups is 1. The van der Waals surface area contributed by atoms with Crippen molar-refractivity contribution in [3.63, 3.8) is 0 Å². The number of imide groups is 1. The van der Waals surface area contributed by atoms with Crippen molar-refractivity contribution in [3.05, 3.63) is 63.0 Å². The first-order valence-corrected chi connectivity index (χ1v) is 11.6. The number of halogens is 1. The fourth-order valence-corrected chi connectivity index (χ4v) is 4.20. The zero-order valence-electron chi connectivity index (χ0n) is 17.3. The standard InChI is InChI=1S/C23H21BrN2O5S/c1-30-19-10-15(4-9-18(19)31-13-21(27)25-17-7-8-17)11-20-22(28)26(23(29)32-20)12-14-2-5-16(24)6-3-14/h2-6,9-11,17H,7-8,12-13H2,1H3,(H,25,27)/b20-11-. The summed E-state index contributed by atoms with van der Waals surface area (Å²) in [5, 5.41) is 2.55. The van der Waals surface area contributed by atoms with E-state index < -0.39 is 0 Å². The number of nitrogens with zero attached hydrogens (tertiary/aromatic N) is 1. The number of nitrogens with one attached hydrogen (secondary N) is 1. The van der Waals surface area contributed by atoms with E-state index in [1.165, 1.54) is 12.0 Å². The molecule has 2 aromatic rings. The highest BCUT2D eigenvalue weighted by Crippen LogP contribution is 2.35. The number of carbonyl (C=O) groups excluding carboxylic acids is 3. The van der Waals surface area contributed by atoms with E-state index in [0.29, 0.717) is 22.0 Å². The maximum Gasteiger partial charge on any atom is 0.293 e. The van der Waals surface area contributed by atoms with E-state index in [0.717, 1.165) is 34.6 Å². The van der Waals surface area contributed by atoms with Crippen molar-refractivity contribution < 1.29 is 23.9 Å². The molecule has 1 aliphatic heterocycles. The fourth-order valence-electron chi connectivity index (χ4n) is 3.09. The third-order valence-electron chi connectivity index (χ3n) is 4.91. The number of rotatable bonds is 8. The largest absolute Gasteiger partial charge is 0.493 e. The van der Waals surface area contributed by atoms with Crippen LogP contribution in [0.15, 0.2) is 51.8 Å². The highest BCUT2D eigenvalue weighted by atomic mass is 79.9. The summed E-state index contributed by atoms with van der Waals surface area (Å²) >= 11 is 4.28. The lowest BCUT2D eigenvalue weighted by Gasteiger charge is -2.12. The SMILES string of the molecule is COc1cc(/C=C2\SC(=O)N(Cc3ccc(Br)cc3)C2=O)ccc1OCC(=O)NC1CC1. The fraction of sp³-hybridized carbons (Fsp3) is 0.261. The molecule has 0 bridgehead atoms. The minimum Gasteiger partial charge on any atom is -0.493 e. The van der Waals surface area contributed by atoms with Gasteiger partial charge in [-0.3, -0.25) is 19.3 Å². The predicted molar refractivity (Wildman–Crippen MR) is 125 cm³/mol. The van der Waals surface area contributed by atoms with Gasteiger partial charge in [0.2, 0.25) is 0 Å². The number of hydrogen-bond acceptors (Lipinski definition) is 6. The second kappa shape index (κ2) is 9.79. The molecule has 7 nitrogen and oxygen atoms in total. The van der Waals surface area contributed by atoms with Crippen molar-refractivity contribution in [1.29, 1.82) is 0 Å². The Hall–Kier alpha value is -2.78. The molecule has 4 rings (SSSR count). The number of carbonyl (C=O) groups is 3. The summed E-state index contributed by atoms with van der Waals surface area (Å²) < 4.78 is 11.9. The Kier molecular flexibility index (Phi) is 6.86. The molecule has 0 unspecified atom stereocenters. The van der Waals surface area contributed by atoms with Crippen LogP contribution >= 0.6 is 27.7 Å². The Morgan fingerprint density at radius 1 is 1.19 bits per heavy atom. The lowest BCUT2D eigenvalue weighted by molar-refractivity contribution is -0.124. The second-order valence-corrected chi connectivity index (χ2v) is 9.34. The number of benzene rings is 2. The van der Waals surface area contributed by atoms with Crippen LogP contribution in [0.3, 0.4) is 0 Å². The molecule has 2 aromatic carbocycles. The Morgan fingerprint density at radius 3 is 2.62 bits per heavy atom. The molecule has 1 aliphatic carbocycles. The van der Waals surface area contributed by atoms with Crippen LogP contribution in [-0.4, -0.2) is 41.7 Å². The van der Waals surface area contributed by atoms with Crippen molar-refractivity contribution in [3.8, 4) is 11.5 Å². The second-order valence-electron chi connectivity index (χ2n) is 7.44. The van der Waals surface area contributed by atoms with Gasteiger partial charge in [-0.15, -0.1) is 0 Å². The average Bonchev–Trinajstić information content (AvgIpc) is 3.56. The minimum absolute atomic E-state index is 0.0961. The summed E-state index contributed by atoms with van der Waals surface area (Å²) in [6.45, 7) is 0.120. The lowest BCUT2D eigenvalue weighted by atomic mass is 10.1. The van der Waals surface area contributed by atoms with E-state index in [1.54, 1.807) is 24.3 Å². The first kappa shape index (κ1) is 22.4. The van der Waals surface area contributed by atoms with Crippen LogP contribution < -0.4 is 14.8 Å². The third kappa shape index (κ3) is 5.52. The van der Waals surface area contributed by atoms with Crippen LogP contribution in [0.25, 0.3) is 6.08 Å². The zero-order valence-corrected chi connectivity index (χ0v) is 19.7. The topological polar surface area (TPSA) is 84.9 Å². The molecule has 0 radical (unpaired) electrons. The number of ether oxygens (including phenoxy) is 2. The van der Waals surface area contributed by atoms with Crippen molar-refractivity contribution >= 4 is 50.8 Å².